The molecule has 0 unspecified atom stereocenters. The molecule has 0 saturated carbocycles. The summed E-state index contributed by atoms with van der Waals surface area (Å²) in [7, 11) is 0. The van der Waals surface area contributed by atoms with Gasteiger partial charge in [0.05, 0.1) is 6.61 Å². The molecule has 2 amide bonds. The predicted molar refractivity (Wildman–Crippen MR) is 97.5 cm³/mol. The Kier molecular flexibility index (Phi) is 7.25. The van der Waals surface area contributed by atoms with Crippen LogP contribution in [-0.4, -0.2) is 60.9 Å². The molecule has 138 valence electrons. The Morgan fingerprint density at radius 1 is 1.12 bits per heavy atom. The maximum absolute atomic E-state index is 12.1. The molecule has 6 nitrogen and oxygen atoms in total. The van der Waals surface area contributed by atoms with Gasteiger partial charge in [-0.1, -0.05) is 13.8 Å². The summed E-state index contributed by atoms with van der Waals surface area (Å²) in [6, 6.07) is 6.87. The van der Waals surface area contributed by atoms with Crippen LogP contribution in [0.5, 0.6) is 5.75 Å². The quantitative estimate of drug-likeness (QED) is 0.727. The summed E-state index contributed by atoms with van der Waals surface area (Å²) in [5.41, 5.74) is 5.69. The predicted octanol–water partition coefficient (Wildman–Crippen LogP) is 1.74. The van der Waals surface area contributed by atoms with Gasteiger partial charge in [0.15, 0.2) is 0 Å². The Balaban J connectivity index is 1.61. The first-order valence-electron chi connectivity index (χ1n) is 8.98. The van der Waals surface area contributed by atoms with Crippen LogP contribution in [0.4, 0.5) is 0 Å². The Morgan fingerprint density at radius 2 is 1.76 bits per heavy atom. The molecule has 1 aromatic rings. The van der Waals surface area contributed by atoms with Crippen molar-refractivity contribution in [3.05, 3.63) is 29.8 Å². The van der Waals surface area contributed by atoms with E-state index in [4.69, 9.17) is 10.5 Å². The summed E-state index contributed by atoms with van der Waals surface area (Å²) in [4.78, 5) is 27.4. The number of hydrogen-bond acceptors (Lipinski definition) is 4. The molecule has 6 heteroatoms. The van der Waals surface area contributed by atoms with Gasteiger partial charge in [-0.2, -0.15) is 0 Å². The van der Waals surface area contributed by atoms with Crippen LogP contribution in [0.1, 0.15) is 37.0 Å². The minimum absolute atomic E-state index is 0.275. The van der Waals surface area contributed by atoms with Gasteiger partial charge in [-0.15, -0.1) is 0 Å². The van der Waals surface area contributed by atoms with E-state index in [1.807, 2.05) is 4.90 Å². The first-order valence-corrected chi connectivity index (χ1v) is 8.98. The van der Waals surface area contributed by atoms with Crippen LogP contribution < -0.4 is 10.5 Å². The number of rotatable bonds is 8. The third-order valence-corrected chi connectivity index (χ3v) is 4.33. The highest BCUT2D eigenvalue weighted by Crippen LogP contribution is 2.13. The van der Waals surface area contributed by atoms with Crippen molar-refractivity contribution < 1.29 is 14.3 Å². The second-order valence-electron chi connectivity index (χ2n) is 6.91. The van der Waals surface area contributed by atoms with Crippen molar-refractivity contribution in [2.24, 2.45) is 11.7 Å². The van der Waals surface area contributed by atoms with Gasteiger partial charge in [0.25, 0.3) is 0 Å². The molecule has 2 rings (SSSR count). The molecule has 0 aromatic heterocycles. The molecule has 25 heavy (non-hydrogen) atoms. The number of benzene rings is 1. The van der Waals surface area contributed by atoms with E-state index in [-0.39, 0.29) is 5.91 Å². The van der Waals surface area contributed by atoms with Crippen molar-refractivity contribution in [2.45, 2.75) is 26.7 Å². The van der Waals surface area contributed by atoms with E-state index >= 15 is 0 Å². The molecule has 0 spiro atoms. The fourth-order valence-corrected chi connectivity index (χ4v) is 2.89. The number of hydrogen-bond donors (Lipinski definition) is 1. The van der Waals surface area contributed by atoms with Crippen LogP contribution in [0.3, 0.4) is 0 Å². The van der Waals surface area contributed by atoms with Crippen molar-refractivity contribution in [3.63, 3.8) is 0 Å². The van der Waals surface area contributed by atoms with Crippen LogP contribution in [0.15, 0.2) is 24.3 Å². The van der Waals surface area contributed by atoms with Gasteiger partial charge < -0.3 is 15.4 Å². The van der Waals surface area contributed by atoms with E-state index in [1.54, 1.807) is 24.3 Å². The van der Waals surface area contributed by atoms with E-state index in [2.05, 4.69) is 18.7 Å². The first kappa shape index (κ1) is 19.2. The molecule has 1 saturated heterocycles. The lowest BCUT2D eigenvalue weighted by Crippen LogP contribution is -2.49. The topological polar surface area (TPSA) is 75.9 Å². The maximum Gasteiger partial charge on any atom is 0.248 e. The monoisotopic (exact) mass is 347 g/mol. The van der Waals surface area contributed by atoms with Gasteiger partial charge in [0.2, 0.25) is 11.8 Å². The zero-order valence-electron chi connectivity index (χ0n) is 15.2. The van der Waals surface area contributed by atoms with Crippen molar-refractivity contribution in [1.29, 1.82) is 0 Å². The zero-order chi connectivity index (χ0) is 18.2. The highest BCUT2D eigenvalue weighted by molar-refractivity contribution is 5.92. The summed E-state index contributed by atoms with van der Waals surface area (Å²) in [6.45, 7) is 9.25. The summed E-state index contributed by atoms with van der Waals surface area (Å²) in [5, 5.41) is 0. The third kappa shape index (κ3) is 6.38. The minimum Gasteiger partial charge on any atom is -0.494 e. The van der Waals surface area contributed by atoms with Crippen LogP contribution in [0.2, 0.25) is 0 Å². The molecule has 1 fully saturated rings. The fraction of sp³-hybridized carbons (Fsp3) is 0.579. The first-order chi connectivity index (χ1) is 12.0. The molecule has 1 aromatic carbocycles. The van der Waals surface area contributed by atoms with Crippen LogP contribution in [-0.2, 0) is 4.79 Å². The molecule has 1 heterocycles. The van der Waals surface area contributed by atoms with E-state index in [9.17, 15) is 9.59 Å². The molecule has 0 atom stereocenters. The molecule has 1 aliphatic heterocycles. The fourth-order valence-electron chi connectivity index (χ4n) is 2.89. The second-order valence-corrected chi connectivity index (χ2v) is 6.91. The lowest BCUT2D eigenvalue weighted by Gasteiger charge is -2.35. The Bertz CT molecular complexity index is 564. The summed E-state index contributed by atoms with van der Waals surface area (Å²) in [6.07, 6.45) is 1.57. The molecule has 1 aliphatic rings. The second kappa shape index (κ2) is 9.42. The molecular weight excluding hydrogens is 318 g/mol. The summed E-state index contributed by atoms with van der Waals surface area (Å²) in [5.74, 6) is 1.00. The van der Waals surface area contributed by atoms with Crippen molar-refractivity contribution in [1.82, 2.24) is 9.80 Å². The standard InChI is InChI=1S/C19H29N3O3/c1-15(2)14-18(23)22-11-9-21(10-12-22)8-3-13-25-17-6-4-16(5-7-17)19(20)24/h4-7,15H,3,8-14H2,1-2H3,(H2,20,24). The molecule has 0 bridgehead atoms. The SMILES string of the molecule is CC(C)CC(=O)N1CCN(CCCOc2ccc(C(N)=O)cc2)CC1. The number of ether oxygens (including phenoxy) is 1. The highest BCUT2D eigenvalue weighted by atomic mass is 16.5. The number of nitrogens with two attached hydrogens (primary N) is 1. The van der Waals surface area contributed by atoms with E-state index in [1.165, 1.54) is 0 Å². The number of amides is 2. The number of carbonyl (C=O) groups is 2. The largest absolute Gasteiger partial charge is 0.494 e. The third-order valence-electron chi connectivity index (χ3n) is 4.33. The van der Waals surface area contributed by atoms with Crippen LogP contribution in [0, 0.1) is 5.92 Å². The Labute approximate surface area is 149 Å². The van der Waals surface area contributed by atoms with E-state index < -0.39 is 5.91 Å². The molecular formula is C19H29N3O3. The number of piperazine rings is 1. The van der Waals surface area contributed by atoms with E-state index in [0.29, 0.717) is 24.5 Å². The van der Waals surface area contributed by atoms with Gasteiger partial charge in [0, 0.05) is 44.7 Å². The van der Waals surface area contributed by atoms with Gasteiger partial charge in [0.1, 0.15) is 5.75 Å². The Hall–Kier alpha value is -2.08. The maximum atomic E-state index is 12.1. The lowest BCUT2D eigenvalue weighted by atomic mass is 10.1. The van der Waals surface area contributed by atoms with Crippen molar-refractivity contribution in [3.8, 4) is 5.75 Å². The van der Waals surface area contributed by atoms with Crippen molar-refractivity contribution in [2.75, 3.05) is 39.3 Å². The zero-order valence-corrected chi connectivity index (χ0v) is 15.2. The van der Waals surface area contributed by atoms with Crippen LogP contribution >= 0.6 is 0 Å². The summed E-state index contributed by atoms with van der Waals surface area (Å²) >= 11 is 0. The van der Waals surface area contributed by atoms with Crippen molar-refractivity contribution >= 4 is 11.8 Å². The van der Waals surface area contributed by atoms with Gasteiger partial charge in [-0.3, -0.25) is 14.5 Å². The van der Waals surface area contributed by atoms with Gasteiger partial charge >= 0.3 is 0 Å². The van der Waals surface area contributed by atoms with Crippen LogP contribution in [0.25, 0.3) is 0 Å². The smallest absolute Gasteiger partial charge is 0.248 e. The molecule has 0 radical (unpaired) electrons. The number of carbonyl (C=O) groups excluding carboxylic acids is 2. The molecule has 2 N–H and O–H groups in total. The highest BCUT2D eigenvalue weighted by Gasteiger charge is 2.21. The average Bonchev–Trinajstić information content (AvgIpc) is 2.59. The normalized spacial score (nSPS) is 15.4. The Morgan fingerprint density at radius 3 is 2.32 bits per heavy atom. The lowest BCUT2D eigenvalue weighted by molar-refractivity contribution is -0.133. The molecule has 0 aliphatic carbocycles. The van der Waals surface area contributed by atoms with E-state index in [0.717, 1.165) is 44.9 Å². The van der Waals surface area contributed by atoms with Gasteiger partial charge in [-0.05, 0) is 36.6 Å². The minimum atomic E-state index is -0.433. The number of primary amides is 1. The number of nitrogens with zero attached hydrogens (tertiary/aromatic N) is 2. The summed E-state index contributed by atoms with van der Waals surface area (Å²) < 4.78 is 5.69. The average molecular weight is 347 g/mol. The van der Waals surface area contributed by atoms with Gasteiger partial charge in [-0.25, -0.2) is 0 Å².